The van der Waals surface area contributed by atoms with Crippen LogP contribution in [0.25, 0.3) is 6.08 Å². The van der Waals surface area contributed by atoms with Gasteiger partial charge in [-0.3, -0.25) is 19.2 Å². The van der Waals surface area contributed by atoms with Crippen molar-refractivity contribution in [3.05, 3.63) is 76.9 Å². The van der Waals surface area contributed by atoms with E-state index in [1.807, 2.05) is 24.3 Å². The molecule has 2 amide bonds. The first-order valence-electron chi connectivity index (χ1n) is 16.6. The van der Waals surface area contributed by atoms with E-state index in [2.05, 4.69) is 15.4 Å². The summed E-state index contributed by atoms with van der Waals surface area (Å²) < 4.78 is 61.2. The lowest BCUT2D eigenvalue weighted by atomic mass is 9.62. The zero-order valence-electron chi connectivity index (χ0n) is 27.2. The second-order valence-corrected chi connectivity index (χ2v) is 13.3. The van der Waals surface area contributed by atoms with Crippen LogP contribution in [0.2, 0.25) is 0 Å². The van der Waals surface area contributed by atoms with Crippen molar-refractivity contribution < 1.29 is 61.2 Å². The third-order valence-electron chi connectivity index (χ3n) is 9.94. The van der Waals surface area contributed by atoms with Crippen molar-refractivity contribution in [3.8, 4) is 0 Å². The molecule has 13 nitrogen and oxygen atoms in total. The van der Waals surface area contributed by atoms with Crippen LogP contribution in [-0.2, 0) is 62.3 Å². The summed E-state index contributed by atoms with van der Waals surface area (Å²) in [5.74, 6) is -3.88. The van der Waals surface area contributed by atoms with Gasteiger partial charge in [0.2, 0.25) is 11.8 Å². The fourth-order valence-electron chi connectivity index (χ4n) is 7.86. The van der Waals surface area contributed by atoms with Crippen LogP contribution in [0, 0.1) is 5.41 Å². The van der Waals surface area contributed by atoms with Gasteiger partial charge in [0.15, 0.2) is 18.4 Å². The van der Waals surface area contributed by atoms with Crippen LogP contribution in [0.3, 0.4) is 0 Å². The molecule has 3 N–H and O–H groups in total. The molecule has 0 radical (unpaired) electrons. The number of esters is 2. The Morgan fingerprint density at radius 2 is 1.71 bits per heavy atom. The fraction of sp³-hybridized carbons (Fsp3) is 0.486. The summed E-state index contributed by atoms with van der Waals surface area (Å²) in [4.78, 5) is 59.0. The Balaban J connectivity index is 1.17. The second-order valence-electron chi connectivity index (χ2n) is 13.3. The van der Waals surface area contributed by atoms with Gasteiger partial charge in [0.25, 0.3) is 0 Å². The van der Waals surface area contributed by atoms with Gasteiger partial charge in [-0.2, -0.15) is 18.2 Å². The van der Waals surface area contributed by atoms with Gasteiger partial charge in [0, 0.05) is 44.8 Å². The Morgan fingerprint density at radius 1 is 1.00 bits per heavy atom. The molecule has 1 spiro atoms. The Kier molecular flexibility index (Phi) is 9.39. The number of amides is 2. The largest absolute Gasteiger partial charge is 0.458 e. The zero-order chi connectivity index (χ0) is 36.0. The normalized spacial score (nSPS) is 28.7. The minimum absolute atomic E-state index is 0.0489. The fourth-order valence-corrected chi connectivity index (χ4v) is 7.86. The lowest BCUT2D eigenvalue weighted by Crippen LogP contribution is -2.69. The van der Waals surface area contributed by atoms with Crippen LogP contribution in [0.1, 0.15) is 35.1 Å². The SMILES string of the molecule is O=C(CCNC(=O)[C@@]12C[C@H]3OC(=O)[C@@H]1N(Cc1ccccc1C=CC(=O)OCC(F)(F)F)O[C@@H]2[C@H]1OC2(Cc4ccccc4C2)O[C@H]13)NCCO. The summed E-state index contributed by atoms with van der Waals surface area (Å²) in [5.41, 5.74) is 1.54. The molecule has 5 aliphatic rings. The average Bonchev–Trinajstić information content (AvgIpc) is 3.77. The summed E-state index contributed by atoms with van der Waals surface area (Å²) in [6.07, 6.45) is -5.05. The quantitative estimate of drug-likeness (QED) is 0.229. The van der Waals surface area contributed by atoms with Gasteiger partial charge in [0.1, 0.15) is 29.8 Å². The molecule has 7 rings (SSSR count). The summed E-state index contributed by atoms with van der Waals surface area (Å²) in [6, 6.07) is 13.3. The van der Waals surface area contributed by atoms with E-state index in [4.69, 9.17) is 24.2 Å². The van der Waals surface area contributed by atoms with E-state index in [0.29, 0.717) is 24.0 Å². The number of carbonyl (C=O) groups is 4. The van der Waals surface area contributed by atoms with Crippen LogP contribution in [0.15, 0.2) is 54.6 Å². The number of halogens is 3. The van der Waals surface area contributed by atoms with Gasteiger partial charge in [-0.05, 0) is 28.3 Å². The molecule has 2 aliphatic carbocycles. The van der Waals surface area contributed by atoms with Gasteiger partial charge in [-0.25, -0.2) is 4.79 Å². The third-order valence-corrected chi connectivity index (χ3v) is 9.94. The van der Waals surface area contributed by atoms with Crippen molar-refractivity contribution in [1.82, 2.24) is 15.7 Å². The molecule has 2 aromatic rings. The van der Waals surface area contributed by atoms with Gasteiger partial charge in [-0.1, -0.05) is 48.5 Å². The lowest BCUT2D eigenvalue weighted by Gasteiger charge is -2.48. The number of nitrogens with one attached hydrogen (secondary N) is 2. The van der Waals surface area contributed by atoms with Crippen molar-refractivity contribution in [3.63, 3.8) is 0 Å². The molecular formula is C35H36F3N3O10. The molecule has 2 bridgehead atoms. The van der Waals surface area contributed by atoms with Crippen molar-refractivity contribution >= 4 is 29.8 Å². The molecule has 4 fully saturated rings. The maximum absolute atomic E-state index is 14.4. The monoisotopic (exact) mass is 715 g/mol. The number of ether oxygens (including phenoxy) is 4. The smallest absolute Gasteiger partial charge is 0.422 e. The molecule has 51 heavy (non-hydrogen) atoms. The molecule has 3 aliphatic heterocycles. The van der Waals surface area contributed by atoms with E-state index in [1.165, 1.54) is 11.1 Å². The third kappa shape index (κ3) is 6.73. The zero-order valence-corrected chi connectivity index (χ0v) is 27.2. The Morgan fingerprint density at radius 3 is 2.43 bits per heavy atom. The second kappa shape index (κ2) is 13.7. The number of fused-ring (bicyclic) bond motifs is 5. The number of hydroxylamine groups is 2. The van der Waals surface area contributed by atoms with E-state index in [9.17, 15) is 32.3 Å². The maximum Gasteiger partial charge on any atom is 0.422 e. The summed E-state index contributed by atoms with van der Waals surface area (Å²) in [5, 5.41) is 15.7. The molecule has 3 heterocycles. The molecule has 2 aromatic carbocycles. The Hall–Kier alpha value is -4.35. The van der Waals surface area contributed by atoms with Crippen LogP contribution >= 0.6 is 0 Å². The number of aliphatic hydroxyl groups is 1. The van der Waals surface area contributed by atoms with E-state index in [1.54, 1.807) is 24.3 Å². The Labute approximate surface area is 289 Å². The minimum Gasteiger partial charge on any atom is -0.458 e. The van der Waals surface area contributed by atoms with Crippen molar-refractivity contribution in [2.75, 3.05) is 26.3 Å². The predicted molar refractivity (Wildman–Crippen MR) is 168 cm³/mol. The van der Waals surface area contributed by atoms with Crippen molar-refractivity contribution in [1.29, 1.82) is 0 Å². The van der Waals surface area contributed by atoms with E-state index in [-0.39, 0.29) is 45.0 Å². The molecule has 1 saturated carbocycles. The number of rotatable bonds is 11. The standard InChI is InChI=1S/C35H36F3N3O10/c36-35(37,38)19-47-26(44)10-9-20-5-1-4-8-23(20)18-41-29-31(45)48-24-17-34(29,32(46)40-12-11-25(43)39-13-14-42)30(51-41)28-27(24)49-33(50-28)15-21-6-2-3-7-22(21)16-33/h1-10,24,27-30,42H,11-19H2,(H,39,43)(H,40,46)/t24-,27+,28+,29+,30-,34+/m1/s1. The summed E-state index contributed by atoms with van der Waals surface area (Å²) in [6.45, 7) is -2.05. The predicted octanol–water partition coefficient (Wildman–Crippen LogP) is 1.50. The number of nitrogens with zero attached hydrogens (tertiary/aromatic N) is 1. The molecular weight excluding hydrogens is 679 g/mol. The van der Waals surface area contributed by atoms with Crippen molar-refractivity contribution in [2.24, 2.45) is 5.41 Å². The minimum atomic E-state index is -4.68. The van der Waals surface area contributed by atoms with Gasteiger partial charge < -0.3 is 34.7 Å². The highest BCUT2D eigenvalue weighted by atomic mass is 19.4. The van der Waals surface area contributed by atoms with Crippen LogP contribution in [0.5, 0.6) is 0 Å². The van der Waals surface area contributed by atoms with E-state index < -0.39 is 72.3 Å². The molecule has 3 saturated heterocycles. The molecule has 6 atom stereocenters. The summed E-state index contributed by atoms with van der Waals surface area (Å²) in [7, 11) is 0. The maximum atomic E-state index is 14.4. The Bertz CT molecular complexity index is 1710. The van der Waals surface area contributed by atoms with E-state index >= 15 is 0 Å². The molecule has 272 valence electrons. The number of hydrogen-bond acceptors (Lipinski definition) is 11. The van der Waals surface area contributed by atoms with Crippen LogP contribution in [-0.4, -0.2) is 103 Å². The first kappa shape index (κ1) is 35.1. The van der Waals surface area contributed by atoms with Crippen LogP contribution < -0.4 is 10.6 Å². The number of alkyl halides is 3. The molecule has 16 heteroatoms. The number of aliphatic hydroxyl groups excluding tert-OH is 1. The van der Waals surface area contributed by atoms with Gasteiger partial charge in [0.05, 0.1) is 13.2 Å². The highest BCUT2D eigenvalue weighted by Crippen LogP contribution is 2.58. The van der Waals surface area contributed by atoms with E-state index in [0.717, 1.165) is 17.2 Å². The molecule has 0 aromatic heterocycles. The highest BCUT2D eigenvalue weighted by Gasteiger charge is 2.76. The average molecular weight is 716 g/mol. The number of hydrogen-bond donors (Lipinski definition) is 3. The highest BCUT2D eigenvalue weighted by molar-refractivity contribution is 5.94. The van der Waals surface area contributed by atoms with Crippen molar-refractivity contribution in [2.45, 2.75) is 74.6 Å². The number of benzene rings is 2. The number of carbonyl (C=O) groups excluding carboxylic acids is 4. The van der Waals surface area contributed by atoms with Gasteiger partial charge >= 0.3 is 18.1 Å². The van der Waals surface area contributed by atoms with Crippen LogP contribution in [0.4, 0.5) is 13.2 Å². The lowest BCUT2D eigenvalue weighted by molar-refractivity contribution is -0.217. The van der Waals surface area contributed by atoms with Gasteiger partial charge in [-0.15, -0.1) is 0 Å². The first-order valence-corrected chi connectivity index (χ1v) is 16.6. The molecule has 0 unspecified atom stereocenters. The topological polar surface area (TPSA) is 162 Å². The summed E-state index contributed by atoms with van der Waals surface area (Å²) >= 11 is 0. The first-order chi connectivity index (χ1) is 24.4.